The molecule has 28 heavy (non-hydrogen) atoms. The van der Waals surface area contributed by atoms with Crippen LogP contribution in [-0.2, 0) is 0 Å². The number of aromatic nitrogens is 1. The standard InChI is InChI=1S/C23H16N2OS2/c26-22-21(14-18-12-7-13-27-18)28-23-24-19(16-8-3-1-4-9-16)15-20(25(22)23)17-10-5-2-6-11-17/h1-15,20H. The Kier molecular flexibility index (Phi) is 4.39. The maximum atomic E-state index is 13.2. The Hall–Kier alpha value is -3.02. The Morgan fingerprint density at radius 3 is 2.39 bits per heavy atom. The molecule has 0 bridgehead atoms. The summed E-state index contributed by atoms with van der Waals surface area (Å²) in [6.45, 7) is 0. The minimum atomic E-state index is -0.168. The van der Waals surface area contributed by atoms with Crippen LogP contribution in [0.1, 0.15) is 22.0 Å². The zero-order valence-electron chi connectivity index (χ0n) is 14.9. The van der Waals surface area contributed by atoms with Gasteiger partial charge in [-0.2, -0.15) is 0 Å². The van der Waals surface area contributed by atoms with E-state index in [0.29, 0.717) is 4.53 Å². The summed E-state index contributed by atoms with van der Waals surface area (Å²) in [6, 6.07) is 24.1. The lowest BCUT2D eigenvalue weighted by atomic mass is 10.0. The lowest BCUT2D eigenvalue weighted by Crippen LogP contribution is -2.36. The minimum absolute atomic E-state index is 0.00867. The highest BCUT2D eigenvalue weighted by Gasteiger charge is 2.22. The number of fused-ring (bicyclic) bond motifs is 1. The SMILES string of the molecule is O=c1c(=Cc2cccs2)sc2n1C(c1ccccc1)C=C(c1ccccc1)N=2. The molecule has 0 radical (unpaired) electrons. The molecule has 0 saturated heterocycles. The molecule has 1 atom stereocenters. The number of hydrogen-bond acceptors (Lipinski definition) is 4. The maximum absolute atomic E-state index is 13.2. The molecule has 1 aliphatic rings. The van der Waals surface area contributed by atoms with E-state index in [9.17, 15) is 4.79 Å². The highest BCUT2D eigenvalue weighted by atomic mass is 32.1. The molecule has 5 rings (SSSR count). The zero-order chi connectivity index (χ0) is 18.9. The van der Waals surface area contributed by atoms with Crippen LogP contribution < -0.4 is 14.9 Å². The first-order valence-electron chi connectivity index (χ1n) is 8.97. The van der Waals surface area contributed by atoms with Gasteiger partial charge in [-0.05, 0) is 34.7 Å². The Labute approximate surface area is 169 Å². The molecular formula is C23H16N2OS2. The molecule has 0 aliphatic carbocycles. The topological polar surface area (TPSA) is 34.4 Å². The molecule has 0 spiro atoms. The molecule has 2 aromatic heterocycles. The highest BCUT2D eigenvalue weighted by molar-refractivity contribution is 7.11. The summed E-state index contributed by atoms with van der Waals surface area (Å²) in [7, 11) is 0. The second kappa shape index (κ2) is 7.19. The van der Waals surface area contributed by atoms with E-state index in [2.05, 4.69) is 30.3 Å². The fraction of sp³-hybridized carbons (Fsp3) is 0.0435. The zero-order valence-corrected chi connectivity index (χ0v) is 16.5. The van der Waals surface area contributed by atoms with E-state index < -0.39 is 0 Å². The van der Waals surface area contributed by atoms with E-state index in [1.165, 1.54) is 11.3 Å². The minimum Gasteiger partial charge on any atom is -0.272 e. The summed E-state index contributed by atoms with van der Waals surface area (Å²) in [5.41, 5.74) is 3.04. The second-order valence-electron chi connectivity index (χ2n) is 6.47. The summed E-state index contributed by atoms with van der Waals surface area (Å²) in [5, 5.41) is 2.02. The van der Waals surface area contributed by atoms with Crippen LogP contribution in [0, 0.1) is 0 Å². The lowest BCUT2D eigenvalue weighted by Gasteiger charge is -2.19. The van der Waals surface area contributed by atoms with Crippen LogP contribution in [0.15, 0.2) is 94.0 Å². The summed E-state index contributed by atoms with van der Waals surface area (Å²) < 4.78 is 2.52. The van der Waals surface area contributed by atoms with Crippen LogP contribution in [0.3, 0.4) is 0 Å². The van der Waals surface area contributed by atoms with Gasteiger partial charge in [-0.25, -0.2) is 4.99 Å². The van der Waals surface area contributed by atoms with Crippen LogP contribution >= 0.6 is 22.7 Å². The number of benzene rings is 2. The van der Waals surface area contributed by atoms with Gasteiger partial charge in [-0.15, -0.1) is 11.3 Å². The van der Waals surface area contributed by atoms with Crippen LogP contribution in [0.4, 0.5) is 0 Å². The molecule has 3 nitrogen and oxygen atoms in total. The molecule has 2 aromatic carbocycles. The summed E-state index contributed by atoms with van der Waals surface area (Å²) in [6.07, 6.45) is 4.05. The maximum Gasteiger partial charge on any atom is 0.271 e. The van der Waals surface area contributed by atoms with Crippen molar-refractivity contribution in [3.05, 3.63) is 120 Å². The van der Waals surface area contributed by atoms with Crippen molar-refractivity contribution < 1.29 is 0 Å². The molecule has 0 saturated carbocycles. The van der Waals surface area contributed by atoms with Crippen molar-refractivity contribution in [3.8, 4) is 0 Å². The van der Waals surface area contributed by atoms with Crippen LogP contribution in [0.25, 0.3) is 11.8 Å². The van der Waals surface area contributed by atoms with Crippen molar-refractivity contribution in [2.75, 3.05) is 0 Å². The van der Waals surface area contributed by atoms with Gasteiger partial charge >= 0.3 is 0 Å². The van der Waals surface area contributed by atoms with Crippen LogP contribution in [-0.4, -0.2) is 4.57 Å². The predicted octanol–water partition coefficient (Wildman–Crippen LogP) is 4.06. The number of allylic oxidation sites excluding steroid dienone is 1. The van der Waals surface area contributed by atoms with Gasteiger partial charge in [0.15, 0.2) is 4.80 Å². The Bertz CT molecular complexity index is 1320. The molecule has 5 heteroatoms. The first-order chi connectivity index (χ1) is 13.8. The molecule has 1 unspecified atom stereocenters. The molecule has 136 valence electrons. The second-order valence-corrected chi connectivity index (χ2v) is 8.46. The Balaban J connectivity index is 1.76. The number of rotatable bonds is 3. The molecular weight excluding hydrogens is 384 g/mol. The van der Waals surface area contributed by atoms with Crippen molar-refractivity contribution in [2.45, 2.75) is 6.04 Å². The average molecular weight is 401 g/mol. The van der Waals surface area contributed by atoms with Gasteiger partial charge in [0, 0.05) is 4.88 Å². The van der Waals surface area contributed by atoms with Crippen molar-refractivity contribution in [3.63, 3.8) is 0 Å². The molecule has 1 aliphatic heterocycles. The molecule has 0 amide bonds. The fourth-order valence-electron chi connectivity index (χ4n) is 3.34. The van der Waals surface area contributed by atoms with Crippen molar-refractivity contribution in [1.82, 2.24) is 4.57 Å². The normalized spacial score (nSPS) is 16.4. The molecule has 4 aromatic rings. The third-order valence-electron chi connectivity index (χ3n) is 4.67. The molecule has 0 fully saturated rings. The van der Waals surface area contributed by atoms with Crippen molar-refractivity contribution in [1.29, 1.82) is 0 Å². The van der Waals surface area contributed by atoms with E-state index in [-0.39, 0.29) is 11.6 Å². The van der Waals surface area contributed by atoms with E-state index in [4.69, 9.17) is 4.99 Å². The van der Waals surface area contributed by atoms with Crippen molar-refractivity contribution >= 4 is 34.4 Å². The number of thiazole rings is 1. The van der Waals surface area contributed by atoms with Gasteiger partial charge in [-0.1, -0.05) is 78.1 Å². The first kappa shape index (κ1) is 17.1. The quantitative estimate of drug-likeness (QED) is 0.511. The van der Waals surface area contributed by atoms with E-state index in [0.717, 1.165) is 26.5 Å². The summed E-state index contributed by atoms with van der Waals surface area (Å²) in [4.78, 5) is 19.9. The smallest absolute Gasteiger partial charge is 0.271 e. The van der Waals surface area contributed by atoms with Gasteiger partial charge in [-0.3, -0.25) is 9.36 Å². The summed E-state index contributed by atoms with van der Waals surface area (Å²) >= 11 is 3.08. The third-order valence-corrected chi connectivity index (χ3v) is 6.48. The highest BCUT2D eigenvalue weighted by Crippen LogP contribution is 2.26. The molecule has 3 heterocycles. The Morgan fingerprint density at radius 1 is 0.929 bits per heavy atom. The number of nitrogens with zero attached hydrogens (tertiary/aromatic N) is 2. The average Bonchev–Trinajstić information content (AvgIpc) is 3.37. The van der Waals surface area contributed by atoms with E-state index in [1.54, 1.807) is 11.3 Å². The van der Waals surface area contributed by atoms with Gasteiger partial charge in [0.05, 0.1) is 16.3 Å². The first-order valence-corrected chi connectivity index (χ1v) is 10.7. The van der Waals surface area contributed by atoms with E-state index in [1.807, 2.05) is 64.6 Å². The predicted molar refractivity (Wildman–Crippen MR) is 116 cm³/mol. The van der Waals surface area contributed by atoms with E-state index >= 15 is 0 Å². The lowest BCUT2D eigenvalue weighted by molar-refractivity contribution is 0.644. The monoisotopic (exact) mass is 400 g/mol. The number of hydrogen-bond donors (Lipinski definition) is 0. The van der Waals surface area contributed by atoms with Gasteiger partial charge in [0.2, 0.25) is 0 Å². The Morgan fingerprint density at radius 2 is 1.68 bits per heavy atom. The number of thiophene rings is 1. The van der Waals surface area contributed by atoms with Crippen LogP contribution in [0.2, 0.25) is 0 Å². The van der Waals surface area contributed by atoms with Gasteiger partial charge in [0.1, 0.15) is 0 Å². The van der Waals surface area contributed by atoms with Crippen molar-refractivity contribution in [2.24, 2.45) is 4.99 Å². The van der Waals surface area contributed by atoms with Gasteiger partial charge < -0.3 is 0 Å². The third kappa shape index (κ3) is 3.09. The van der Waals surface area contributed by atoms with Crippen LogP contribution in [0.5, 0.6) is 0 Å². The summed E-state index contributed by atoms with van der Waals surface area (Å²) in [5.74, 6) is 0. The van der Waals surface area contributed by atoms with Gasteiger partial charge in [0.25, 0.3) is 5.56 Å². The fourth-order valence-corrected chi connectivity index (χ4v) is 5.08. The molecule has 0 N–H and O–H groups in total. The largest absolute Gasteiger partial charge is 0.272 e.